The minimum Gasteiger partial charge on any atom is -0.295 e. The zero-order valence-corrected chi connectivity index (χ0v) is 11.3. The predicted octanol–water partition coefficient (Wildman–Crippen LogP) is 2.98. The average molecular weight is 294 g/mol. The Morgan fingerprint density at radius 2 is 2.22 bits per heavy atom. The van der Waals surface area contributed by atoms with Crippen LogP contribution in [0.15, 0.2) is 28.4 Å². The van der Waals surface area contributed by atoms with Crippen molar-refractivity contribution in [3.05, 3.63) is 34.1 Å². The van der Waals surface area contributed by atoms with Gasteiger partial charge in [0.25, 0.3) is 5.91 Å². The van der Waals surface area contributed by atoms with Crippen LogP contribution in [0.2, 0.25) is 0 Å². The molecule has 3 heterocycles. The van der Waals surface area contributed by atoms with Crippen molar-refractivity contribution < 1.29 is 4.79 Å². The van der Waals surface area contributed by atoms with Crippen LogP contribution in [-0.2, 0) is 0 Å². The highest BCUT2D eigenvalue weighted by Crippen LogP contribution is 2.28. The van der Waals surface area contributed by atoms with Gasteiger partial charge in [-0.15, -0.1) is 32.9 Å². The third-order valence-corrected chi connectivity index (χ3v) is 4.54. The monoisotopic (exact) mass is 294 g/mol. The first-order chi connectivity index (χ1) is 8.83. The van der Waals surface area contributed by atoms with E-state index < -0.39 is 0 Å². The highest BCUT2D eigenvalue weighted by Gasteiger charge is 2.13. The first-order valence-corrected chi connectivity index (χ1v) is 7.54. The van der Waals surface area contributed by atoms with Crippen LogP contribution >= 0.6 is 34.0 Å². The number of rotatable bonds is 3. The maximum atomic E-state index is 11.9. The summed E-state index contributed by atoms with van der Waals surface area (Å²) in [5.74, 6) is -0.259. The molecule has 5 nitrogen and oxygen atoms in total. The molecular formula is C10H6N4OS3. The lowest BCUT2D eigenvalue weighted by molar-refractivity contribution is 0.102. The molecule has 1 N–H and O–H groups in total. The molecule has 0 aliphatic heterocycles. The van der Waals surface area contributed by atoms with Gasteiger partial charge in [0.15, 0.2) is 0 Å². The lowest BCUT2D eigenvalue weighted by Gasteiger charge is -1.95. The van der Waals surface area contributed by atoms with E-state index in [1.54, 1.807) is 22.2 Å². The summed E-state index contributed by atoms with van der Waals surface area (Å²) in [6.45, 7) is 0. The van der Waals surface area contributed by atoms with E-state index in [1.807, 2.05) is 17.5 Å². The van der Waals surface area contributed by atoms with Crippen LogP contribution in [0.25, 0.3) is 9.88 Å². The zero-order valence-electron chi connectivity index (χ0n) is 8.86. The zero-order chi connectivity index (χ0) is 12.4. The molecule has 0 aliphatic rings. The quantitative estimate of drug-likeness (QED) is 0.806. The number of thiophene rings is 1. The third kappa shape index (κ3) is 2.30. The Bertz CT molecular complexity index is 645. The molecule has 0 radical (unpaired) electrons. The van der Waals surface area contributed by atoms with Crippen molar-refractivity contribution in [2.24, 2.45) is 0 Å². The summed E-state index contributed by atoms with van der Waals surface area (Å²) in [5.41, 5.74) is 1.96. The molecule has 0 aliphatic carbocycles. The van der Waals surface area contributed by atoms with Crippen molar-refractivity contribution in [1.29, 1.82) is 0 Å². The van der Waals surface area contributed by atoms with Gasteiger partial charge in [-0.25, -0.2) is 4.98 Å². The lowest BCUT2D eigenvalue weighted by Crippen LogP contribution is -2.12. The van der Waals surface area contributed by atoms with E-state index in [4.69, 9.17) is 0 Å². The lowest BCUT2D eigenvalue weighted by atomic mass is 10.4. The van der Waals surface area contributed by atoms with Crippen LogP contribution in [0.3, 0.4) is 0 Å². The number of aromatic nitrogens is 3. The van der Waals surface area contributed by atoms with Gasteiger partial charge in [0.1, 0.15) is 16.2 Å². The van der Waals surface area contributed by atoms with Gasteiger partial charge in [-0.05, 0) is 11.4 Å². The van der Waals surface area contributed by atoms with Crippen LogP contribution < -0.4 is 5.32 Å². The maximum absolute atomic E-state index is 11.9. The van der Waals surface area contributed by atoms with Gasteiger partial charge < -0.3 is 0 Å². The fourth-order valence-electron chi connectivity index (χ4n) is 1.28. The summed E-state index contributed by atoms with van der Waals surface area (Å²) < 4.78 is 0. The molecule has 3 aromatic heterocycles. The molecule has 0 unspecified atom stereocenters. The van der Waals surface area contributed by atoms with Crippen molar-refractivity contribution in [2.75, 3.05) is 5.32 Å². The van der Waals surface area contributed by atoms with Crippen LogP contribution in [0.1, 0.15) is 10.5 Å². The number of hydrogen-bond donors (Lipinski definition) is 1. The van der Waals surface area contributed by atoms with E-state index in [2.05, 4.69) is 20.5 Å². The van der Waals surface area contributed by atoms with Crippen molar-refractivity contribution >= 4 is 45.0 Å². The summed E-state index contributed by atoms with van der Waals surface area (Å²) in [5, 5.41) is 15.1. The van der Waals surface area contributed by atoms with Gasteiger partial charge >= 0.3 is 0 Å². The van der Waals surface area contributed by atoms with Gasteiger partial charge in [-0.3, -0.25) is 10.1 Å². The van der Waals surface area contributed by atoms with Crippen LogP contribution in [0.5, 0.6) is 0 Å². The van der Waals surface area contributed by atoms with Gasteiger partial charge in [-0.2, -0.15) is 0 Å². The molecule has 0 atom stereocenters. The second-order valence-corrected chi connectivity index (χ2v) is 5.85. The Labute approximate surface area is 114 Å². The Morgan fingerprint density at radius 3 is 2.94 bits per heavy atom. The number of amides is 1. The maximum Gasteiger partial charge on any atom is 0.276 e. The Morgan fingerprint density at radius 1 is 1.28 bits per heavy atom. The Hall–Kier alpha value is -1.64. The fourth-order valence-corrected chi connectivity index (χ4v) is 3.33. The molecule has 90 valence electrons. The normalized spacial score (nSPS) is 10.4. The second kappa shape index (κ2) is 4.92. The summed E-state index contributed by atoms with van der Waals surface area (Å²) >= 11 is 4.33. The molecule has 3 rings (SSSR count). The third-order valence-electron chi connectivity index (χ3n) is 2.05. The molecule has 8 heteroatoms. The number of hydrogen-bond acceptors (Lipinski definition) is 7. The molecule has 0 saturated heterocycles. The van der Waals surface area contributed by atoms with Crippen LogP contribution in [-0.4, -0.2) is 21.1 Å². The van der Waals surface area contributed by atoms with Crippen molar-refractivity contribution in [2.45, 2.75) is 0 Å². The number of carbonyl (C=O) groups is 1. The molecule has 0 aromatic carbocycles. The van der Waals surface area contributed by atoms with Gasteiger partial charge in [0, 0.05) is 5.38 Å². The summed E-state index contributed by atoms with van der Waals surface area (Å²) in [6.07, 6.45) is 0. The number of nitrogens with zero attached hydrogens (tertiary/aromatic N) is 3. The van der Waals surface area contributed by atoms with Gasteiger partial charge in [0.2, 0.25) is 5.13 Å². The molecule has 3 aromatic rings. The van der Waals surface area contributed by atoms with Crippen molar-refractivity contribution in [3.63, 3.8) is 0 Å². The summed E-state index contributed by atoms with van der Waals surface area (Å²) in [6, 6.07) is 3.94. The highest BCUT2D eigenvalue weighted by atomic mass is 32.1. The Kier molecular flexibility index (Phi) is 3.13. The van der Waals surface area contributed by atoms with Gasteiger partial charge in [0.05, 0.1) is 4.88 Å². The number of thiazole rings is 1. The molecule has 18 heavy (non-hydrogen) atoms. The SMILES string of the molecule is O=C(Nc1nncs1)c1csc(-c2cccs2)n1. The van der Waals surface area contributed by atoms with E-state index in [9.17, 15) is 4.79 Å². The fraction of sp³-hybridized carbons (Fsp3) is 0. The summed E-state index contributed by atoms with van der Waals surface area (Å²) in [4.78, 5) is 17.2. The van der Waals surface area contributed by atoms with E-state index in [1.165, 1.54) is 22.7 Å². The molecule has 0 saturated carbocycles. The largest absolute Gasteiger partial charge is 0.295 e. The number of nitrogens with one attached hydrogen (secondary N) is 1. The van der Waals surface area contributed by atoms with Gasteiger partial charge in [-0.1, -0.05) is 17.4 Å². The highest BCUT2D eigenvalue weighted by molar-refractivity contribution is 7.20. The van der Waals surface area contributed by atoms with Crippen LogP contribution in [0.4, 0.5) is 5.13 Å². The molecular weight excluding hydrogens is 288 g/mol. The minimum atomic E-state index is -0.259. The predicted molar refractivity (Wildman–Crippen MR) is 73.3 cm³/mol. The summed E-state index contributed by atoms with van der Waals surface area (Å²) in [7, 11) is 0. The van der Waals surface area contributed by atoms with E-state index >= 15 is 0 Å². The Balaban J connectivity index is 1.79. The van der Waals surface area contributed by atoms with E-state index in [0.29, 0.717) is 10.8 Å². The van der Waals surface area contributed by atoms with E-state index in [-0.39, 0.29) is 5.91 Å². The van der Waals surface area contributed by atoms with Crippen LogP contribution in [0, 0.1) is 0 Å². The van der Waals surface area contributed by atoms with Crippen molar-refractivity contribution in [3.8, 4) is 9.88 Å². The topological polar surface area (TPSA) is 67.8 Å². The minimum absolute atomic E-state index is 0.259. The number of carbonyl (C=O) groups excluding carboxylic acids is 1. The molecule has 0 fully saturated rings. The molecule has 1 amide bonds. The van der Waals surface area contributed by atoms with E-state index in [0.717, 1.165) is 9.88 Å². The first kappa shape index (κ1) is 11.5. The number of anilines is 1. The smallest absolute Gasteiger partial charge is 0.276 e. The molecule has 0 bridgehead atoms. The standard InChI is InChI=1S/C10H6N4OS3/c15-8(13-10-14-11-5-18-10)6-4-17-9(12-6)7-2-1-3-16-7/h1-5H,(H,13,14,15). The molecule has 0 spiro atoms. The first-order valence-electron chi connectivity index (χ1n) is 4.90. The average Bonchev–Trinajstić information content (AvgIpc) is 3.11. The van der Waals surface area contributed by atoms with Crippen molar-refractivity contribution in [1.82, 2.24) is 15.2 Å². The second-order valence-electron chi connectivity index (χ2n) is 3.21.